The second-order valence-electron chi connectivity index (χ2n) is 4.89. The number of hydrogen-bond donors (Lipinski definition) is 2. The van der Waals surface area contributed by atoms with Crippen LogP contribution in [0.1, 0.15) is 18.9 Å². The number of rotatable bonds is 4. The molecule has 2 rings (SSSR count). The Labute approximate surface area is 124 Å². The van der Waals surface area contributed by atoms with Crippen LogP contribution in [-0.2, 0) is 5.54 Å². The smallest absolute Gasteiger partial charge is 0.405 e. The lowest BCUT2D eigenvalue weighted by atomic mass is 10.1. The normalized spacial score (nSPS) is 11.1. The third-order valence-corrected chi connectivity index (χ3v) is 4.19. The molecule has 8 heteroatoms. The van der Waals surface area contributed by atoms with Gasteiger partial charge in [-0.05, 0) is 31.5 Å². The number of thiazole rings is 1. The molecule has 21 heavy (non-hydrogen) atoms. The van der Waals surface area contributed by atoms with Crippen molar-refractivity contribution in [2.75, 3.05) is 0 Å². The van der Waals surface area contributed by atoms with Gasteiger partial charge in [0, 0.05) is 18.3 Å². The summed E-state index contributed by atoms with van der Waals surface area (Å²) in [7, 11) is 0. The molecule has 2 aromatic rings. The molecule has 1 aromatic heterocycles. The van der Waals surface area contributed by atoms with Crippen LogP contribution in [-0.4, -0.2) is 21.1 Å². The number of carbonyl (C=O) groups is 1. The minimum atomic E-state index is -1.12. The van der Waals surface area contributed by atoms with E-state index in [4.69, 9.17) is 5.11 Å². The van der Waals surface area contributed by atoms with Gasteiger partial charge in [-0.1, -0.05) is 0 Å². The topological polar surface area (TPSA) is 105 Å². The van der Waals surface area contributed by atoms with E-state index in [1.165, 1.54) is 23.5 Å². The predicted molar refractivity (Wildman–Crippen MR) is 78.4 cm³/mol. The average Bonchev–Trinajstić information content (AvgIpc) is 2.87. The Balaban J connectivity index is 2.27. The Kier molecular flexibility index (Phi) is 3.90. The van der Waals surface area contributed by atoms with Crippen molar-refractivity contribution in [3.8, 4) is 10.4 Å². The summed E-state index contributed by atoms with van der Waals surface area (Å²) >= 11 is 1.34. The van der Waals surface area contributed by atoms with Crippen molar-refractivity contribution >= 4 is 23.1 Å². The van der Waals surface area contributed by atoms with Crippen LogP contribution in [0, 0.1) is 10.1 Å². The third kappa shape index (κ3) is 3.34. The maximum Gasteiger partial charge on any atom is 0.405 e. The number of aromatic nitrogens is 1. The summed E-state index contributed by atoms with van der Waals surface area (Å²) in [5.74, 6) is 0. The highest BCUT2D eigenvalue weighted by atomic mass is 32.1. The van der Waals surface area contributed by atoms with Crippen LogP contribution in [0.5, 0.6) is 0 Å². The van der Waals surface area contributed by atoms with Crippen LogP contribution >= 0.6 is 11.3 Å². The molecule has 1 aromatic carbocycles. The lowest BCUT2D eigenvalue weighted by Gasteiger charge is -2.21. The third-order valence-electron chi connectivity index (χ3n) is 2.82. The molecule has 1 amide bonds. The van der Waals surface area contributed by atoms with Gasteiger partial charge in [-0.25, -0.2) is 9.78 Å². The van der Waals surface area contributed by atoms with Crippen LogP contribution in [0.4, 0.5) is 10.5 Å². The molecule has 1 heterocycles. The fraction of sp³-hybridized carbons (Fsp3) is 0.231. The number of non-ortho nitro benzene ring substituents is 1. The predicted octanol–water partition coefficient (Wildman–Crippen LogP) is 3.22. The molecule has 110 valence electrons. The lowest BCUT2D eigenvalue weighted by molar-refractivity contribution is -0.384. The van der Waals surface area contributed by atoms with Gasteiger partial charge in [0.2, 0.25) is 0 Å². The average molecular weight is 307 g/mol. The van der Waals surface area contributed by atoms with E-state index in [0.717, 1.165) is 10.4 Å². The van der Waals surface area contributed by atoms with Gasteiger partial charge in [0.15, 0.2) is 0 Å². The van der Waals surface area contributed by atoms with Crippen LogP contribution in [0.3, 0.4) is 0 Å². The standard InChI is InChI=1S/C13H13N3O4S/c1-13(2,15-12(17)18)11-14-7-10(21-11)8-3-5-9(6-4-8)16(19)20/h3-7,15H,1-2H3,(H,17,18). The summed E-state index contributed by atoms with van der Waals surface area (Å²) in [4.78, 5) is 26.0. The molecular weight excluding hydrogens is 294 g/mol. The molecule has 0 saturated heterocycles. The molecule has 0 aliphatic carbocycles. The highest BCUT2D eigenvalue weighted by Gasteiger charge is 2.26. The largest absolute Gasteiger partial charge is 0.465 e. The minimum Gasteiger partial charge on any atom is -0.465 e. The monoisotopic (exact) mass is 307 g/mol. The molecule has 0 bridgehead atoms. The second-order valence-corrected chi connectivity index (χ2v) is 5.92. The first-order valence-corrected chi connectivity index (χ1v) is 6.83. The van der Waals surface area contributed by atoms with Gasteiger partial charge in [-0.3, -0.25) is 10.1 Å². The quantitative estimate of drug-likeness (QED) is 0.666. The first-order chi connectivity index (χ1) is 9.79. The van der Waals surface area contributed by atoms with Crippen molar-refractivity contribution in [1.82, 2.24) is 10.3 Å². The number of nitro groups is 1. The Hall–Kier alpha value is -2.48. The summed E-state index contributed by atoms with van der Waals surface area (Å²) in [6.07, 6.45) is 0.513. The van der Waals surface area contributed by atoms with Crippen LogP contribution < -0.4 is 5.32 Å². The summed E-state index contributed by atoms with van der Waals surface area (Å²) in [5.41, 5.74) is 0.0297. The molecular formula is C13H13N3O4S. The van der Waals surface area contributed by atoms with Crippen molar-refractivity contribution in [2.45, 2.75) is 19.4 Å². The molecule has 0 radical (unpaired) electrons. The number of nitrogens with zero attached hydrogens (tertiary/aromatic N) is 2. The molecule has 0 fully saturated rings. The number of amides is 1. The Morgan fingerprint density at radius 2 is 2.00 bits per heavy atom. The highest BCUT2D eigenvalue weighted by molar-refractivity contribution is 7.15. The zero-order chi connectivity index (χ0) is 15.6. The van der Waals surface area contributed by atoms with Crippen LogP contribution in [0.25, 0.3) is 10.4 Å². The molecule has 0 saturated carbocycles. The van der Waals surface area contributed by atoms with E-state index in [0.29, 0.717) is 5.01 Å². The van der Waals surface area contributed by atoms with Crippen LogP contribution in [0.15, 0.2) is 30.5 Å². The maximum absolute atomic E-state index is 10.8. The van der Waals surface area contributed by atoms with E-state index in [9.17, 15) is 14.9 Å². The first kappa shape index (κ1) is 14.9. The van der Waals surface area contributed by atoms with Crippen molar-refractivity contribution < 1.29 is 14.8 Å². The Morgan fingerprint density at radius 3 is 2.52 bits per heavy atom. The summed E-state index contributed by atoms with van der Waals surface area (Å²) in [6.45, 7) is 3.44. The molecule has 2 N–H and O–H groups in total. The summed E-state index contributed by atoms with van der Waals surface area (Å²) < 4.78 is 0. The van der Waals surface area contributed by atoms with E-state index in [2.05, 4.69) is 10.3 Å². The van der Waals surface area contributed by atoms with E-state index in [-0.39, 0.29) is 5.69 Å². The van der Waals surface area contributed by atoms with Gasteiger partial charge in [0.1, 0.15) is 5.01 Å². The lowest BCUT2D eigenvalue weighted by Crippen LogP contribution is -2.39. The first-order valence-electron chi connectivity index (χ1n) is 6.02. The molecule has 0 atom stereocenters. The SMILES string of the molecule is CC(C)(NC(=O)O)c1ncc(-c2ccc([N+](=O)[O-])cc2)s1. The van der Waals surface area contributed by atoms with Gasteiger partial charge in [-0.2, -0.15) is 0 Å². The number of hydrogen-bond acceptors (Lipinski definition) is 5. The van der Waals surface area contributed by atoms with E-state index in [1.807, 2.05) is 0 Å². The van der Waals surface area contributed by atoms with Crippen molar-refractivity contribution in [3.63, 3.8) is 0 Å². The van der Waals surface area contributed by atoms with Crippen LogP contribution in [0.2, 0.25) is 0 Å². The second kappa shape index (κ2) is 5.49. The molecule has 0 spiro atoms. The van der Waals surface area contributed by atoms with Crippen molar-refractivity contribution in [2.24, 2.45) is 0 Å². The van der Waals surface area contributed by atoms with Gasteiger partial charge in [-0.15, -0.1) is 11.3 Å². The van der Waals surface area contributed by atoms with Crippen molar-refractivity contribution in [1.29, 1.82) is 0 Å². The molecule has 0 aliphatic rings. The highest BCUT2D eigenvalue weighted by Crippen LogP contribution is 2.32. The number of benzene rings is 1. The number of carboxylic acid groups (broad SMARTS) is 1. The van der Waals surface area contributed by atoms with Crippen molar-refractivity contribution in [3.05, 3.63) is 45.6 Å². The van der Waals surface area contributed by atoms with Gasteiger partial charge >= 0.3 is 6.09 Å². The number of nitrogens with one attached hydrogen (secondary N) is 1. The van der Waals surface area contributed by atoms with Gasteiger partial charge in [0.05, 0.1) is 15.3 Å². The fourth-order valence-corrected chi connectivity index (χ4v) is 2.74. The van der Waals surface area contributed by atoms with Gasteiger partial charge < -0.3 is 10.4 Å². The zero-order valence-electron chi connectivity index (χ0n) is 11.4. The maximum atomic E-state index is 10.8. The molecule has 7 nitrogen and oxygen atoms in total. The van der Waals surface area contributed by atoms with E-state index in [1.54, 1.807) is 32.2 Å². The zero-order valence-corrected chi connectivity index (χ0v) is 12.2. The van der Waals surface area contributed by atoms with Gasteiger partial charge in [0.25, 0.3) is 5.69 Å². The fourth-order valence-electron chi connectivity index (χ4n) is 1.76. The Morgan fingerprint density at radius 1 is 1.38 bits per heavy atom. The number of nitro benzene ring substituents is 1. The summed E-state index contributed by atoms with van der Waals surface area (Å²) in [6, 6.07) is 6.14. The molecule has 0 unspecified atom stereocenters. The minimum absolute atomic E-state index is 0.0244. The Bertz CT molecular complexity index is 679. The molecule has 0 aliphatic heterocycles. The van der Waals surface area contributed by atoms with E-state index < -0.39 is 16.6 Å². The van der Waals surface area contributed by atoms with E-state index >= 15 is 0 Å². The summed E-state index contributed by atoms with van der Waals surface area (Å²) in [5, 5.41) is 22.5.